The molecule has 0 atom stereocenters. The Hall–Kier alpha value is -3.46. The van der Waals surface area contributed by atoms with E-state index in [1.807, 2.05) is 11.0 Å². The number of benzene rings is 2. The van der Waals surface area contributed by atoms with Crippen molar-refractivity contribution < 1.29 is 14.1 Å². The van der Waals surface area contributed by atoms with E-state index in [1.165, 1.54) is 33.9 Å². The Kier molecular flexibility index (Phi) is 6.88. The molecule has 9 nitrogen and oxygen atoms in total. The number of non-ortho nitro benzene ring substituents is 1. The van der Waals surface area contributed by atoms with Crippen LogP contribution >= 0.6 is 0 Å². The van der Waals surface area contributed by atoms with Gasteiger partial charge < -0.3 is 9.32 Å². The third-order valence-electron chi connectivity index (χ3n) is 6.23. The SMILES string of the molecule is Cc1ccccc1CN1CCCN(C(=O)CCCn2c(=O)oc3cc([N+](=O)[O-])ccc32)CC1. The molecule has 0 saturated carbocycles. The highest BCUT2D eigenvalue weighted by Gasteiger charge is 2.20. The lowest BCUT2D eigenvalue weighted by atomic mass is 10.1. The minimum Gasteiger partial charge on any atom is -0.407 e. The Bertz CT molecular complexity index is 1220. The Morgan fingerprint density at radius 3 is 2.73 bits per heavy atom. The molecule has 3 aromatic rings. The summed E-state index contributed by atoms with van der Waals surface area (Å²) in [5.74, 6) is -0.483. The van der Waals surface area contributed by atoms with Gasteiger partial charge in [-0.3, -0.25) is 24.4 Å². The first-order chi connectivity index (χ1) is 15.9. The van der Waals surface area contributed by atoms with Crippen LogP contribution in [-0.2, 0) is 17.9 Å². The van der Waals surface area contributed by atoms with Gasteiger partial charge in [0.05, 0.1) is 16.5 Å². The van der Waals surface area contributed by atoms with Gasteiger partial charge in [-0.2, -0.15) is 0 Å². The van der Waals surface area contributed by atoms with Gasteiger partial charge in [0.15, 0.2) is 5.58 Å². The summed E-state index contributed by atoms with van der Waals surface area (Å²) in [5, 5.41) is 10.9. The Morgan fingerprint density at radius 2 is 1.94 bits per heavy atom. The van der Waals surface area contributed by atoms with Crippen molar-refractivity contribution in [1.82, 2.24) is 14.4 Å². The molecule has 2 aromatic carbocycles. The van der Waals surface area contributed by atoms with E-state index in [0.717, 1.165) is 32.6 Å². The van der Waals surface area contributed by atoms with Crippen LogP contribution < -0.4 is 5.76 Å². The highest BCUT2D eigenvalue weighted by atomic mass is 16.6. The molecule has 1 saturated heterocycles. The van der Waals surface area contributed by atoms with Gasteiger partial charge in [0.2, 0.25) is 5.91 Å². The molecule has 0 N–H and O–H groups in total. The summed E-state index contributed by atoms with van der Waals surface area (Å²) in [5.41, 5.74) is 3.16. The van der Waals surface area contributed by atoms with Crippen molar-refractivity contribution in [2.24, 2.45) is 0 Å². The molecule has 1 aliphatic rings. The number of nitro benzene ring substituents is 1. The predicted octanol–water partition coefficient (Wildman–Crippen LogP) is 3.33. The zero-order valence-electron chi connectivity index (χ0n) is 18.7. The first kappa shape index (κ1) is 22.7. The summed E-state index contributed by atoms with van der Waals surface area (Å²) in [6.45, 7) is 6.57. The minimum absolute atomic E-state index is 0.0872. The lowest BCUT2D eigenvalue weighted by Gasteiger charge is -2.22. The van der Waals surface area contributed by atoms with Crippen LogP contribution in [0.4, 0.5) is 5.69 Å². The standard InChI is InChI=1S/C24H28N4O5/c1-18-6-2-3-7-19(18)17-25-11-5-12-26(15-14-25)23(29)8-4-13-27-21-10-9-20(28(31)32)16-22(21)33-24(27)30/h2-3,6-7,9-10,16H,4-5,8,11-15,17H2,1H3. The van der Waals surface area contributed by atoms with E-state index in [9.17, 15) is 19.7 Å². The number of carbonyl (C=O) groups is 1. The van der Waals surface area contributed by atoms with Gasteiger partial charge in [0, 0.05) is 51.8 Å². The molecule has 4 rings (SSSR count). The van der Waals surface area contributed by atoms with Crippen LogP contribution in [0.15, 0.2) is 51.7 Å². The van der Waals surface area contributed by atoms with E-state index in [1.54, 1.807) is 0 Å². The molecule has 0 bridgehead atoms. The average molecular weight is 453 g/mol. The molecule has 1 fully saturated rings. The Morgan fingerprint density at radius 1 is 1.12 bits per heavy atom. The number of amides is 1. The summed E-state index contributed by atoms with van der Waals surface area (Å²) in [6, 6.07) is 12.5. The number of hydrogen-bond acceptors (Lipinski definition) is 6. The Balaban J connectivity index is 1.30. The quantitative estimate of drug-likeness (QED) is 0.403. The van der Waals surface area contributed by atoms with Gasteiger partial charge in [-0.1, -0.05) is 24.3 Å². The number of aryl methyl sites for hydroxylation is 2. The van der Waals surface area contributed by atoms with Crippen molar-refractivity contribution in [1.29, 1.82) is 0 Å². The number of aromatic nitrogens is 1. The maximum atomic E-state index is 12.8. The molecule has 1 aliphatic heterocycles. The van der Waals surface area contributed by atoms with Gasteiger partial charge >= 0.3 is 5.76 Å². The largest absolute Gasteiger partial charge is 0.419 e. The molecule has 1 aromatic heterocycles. The summed E-state index contributed by atoms with van der Waals surface area (Å²) >= 11 is 0. The van der Waals surface area contributed by atoms with E-state index in [4.69, 9.17) is 4.42 Å². The minimum atomic E-state index is -0.570. The van der Waals surface area contributed by atoms with Gasteiger partial charge in [0.25, 0.3) is 5.69 Å². The monoisotopic (exact) mass is 452 g/mol. The van der Waals surface area contributed by atoms with Crippen molar-refractivity contribution in [2.45, 2.75) is 39.3 Å². The van der Waals surface area contributed by atoms with Crippen molar-refractivity contribution in [3.63, 3.8) is 0 Å². The summed E-state index contributed by atoms with van der Waals surface area (Å²) in [7, 11) is 0. The summed E-state index contributed by atoms with van der Waals surface area (Å²) in [4.78, 5) is 39.7. The lowest BCUT2D eigenvalue weighted by molar-refractivity contribution is -0.384. The normalized spacial score (nSPS) is 15.0. The van der Waals surface area contributed by atoms with E-state index in [2.05, 4.69) is 30.0 Å². The van der Waals surface area contributed by atoms with Crippen molar-refractivity contribution in [3.8, 4) is 0 Å². The zero-order valence-corrected chi connectivity index (χ0v) is 18.7. The lowest BCUT2D eigenvalue weighted by Crippen LogP contribution is -2.35. The van der Waals surface area contributed by atoms with Crippen LogP contribution in [0.1, 0.15) is 30.4 Å². The van der Waals surface area contributed by atoms with Crippen LogP contribution in [0.2, 0.25) is 0 Å². The number of hydrogen-bond donors (Lipinski definition) is 0. The van der Waals surface area contributed by atoms with Crippen LogP contribution in [0, 0.1) is 17.0 Å². The van der Waals surface area contributed by atoms with Gasteiger partial charge in [-0.05, 0) is 37.0 Å². The summed E-state index contributed by atoms with van der Waals surface area (Å²) in [6.07, 6.45) is 1.76. The van der Waals surface area contributed by atoms with Crippen molar-refractivity contribution in [2.75, 3.05) is 26.2 Å². The van der Waals surface area contributed by atoms with Gasteiger partial charge in [-0.15, -0.1) is 0 Å². The first-order valence-corrected chi connectivity index (χ1v) is 11.2. The highest BCUT2D eigenvalue weighted by Crippen LogP contribution is 2.20. The molecule has 174 valence electrons. The topological polar surface area (TPSA) is 102 Å². The Labute approximate surface area is 191 Å². The smallest absolute Gasteiger partial charge is 0.407 e. The number of oxazole rings is 1. The van der Waals surface area contributed by atoms with Crippen LogP contribution in [0.5, 0.6) is 0 Å². The zero-order chi connectivity index (χ0) is 23.4. The van der Waals surface area contributed by atoms with Gasteiger partial charge in [0.1, 0.15) is 0 Å². The van der Waals surface area contributed by atoms with E-state index in [-0.39, 0.29) is 17.2 Å². The fourth-order valence-corrected chi connectivity index (χ4v) is 4.33. The predicted molar refractivity (Wildman–Crippen MR) is 124 cm³/mol. The maximum Gasteiger partial charge on any atom is 0.419 e. The molecule has 0 aliphatic carbocycles. The summed E-state index contributed by atoms with van der Waals surface area (Å²) < 4.78 is 6.58. The average Bonchev–Trinajstić information content (AvgIpc) is 2.95. The molecular weight excluding hydrogens is 424 g/mol. The number of nitrogens with zero attached hydrogens (tertiary/aromatic N) is 4. The fourth-order valence-electron chi connectivity index (χ4n) is 4.33. The second-order valence-corrected chi connectivity index (χ2v) is 8.47. The molecule has 0 unspecified atom stereocenters. The molecule has 2 heterocycles. The first-order valence-electron chi connectivity index (χ1n) is 11.2. The van der Waals surface area contributed by atoms with E-state index >= 15 is 0 Å². The fraction of sp³-hybridized carbons (Fsp3) is 0.417. The van der Waals surface area contributed by atoms with Gasteiger partial charge in [-0.25, -0.2) is 4.79 Å². The molecule has 0 radical (unpaired) electrons. The number of rotatable bonds is 7. The molecule has 0 spiro atoms. The number of fused-ring (bicyclic) bond motifs is 1. The van der Waals surface area contributed by atoms with Crippen molar-refractivity contribution >= 4 is 22.7 Å². The molecule has 9 heteroatoms. The van der Waals surface area contributed by atoms with E-state index in [0.29, 0.717) is 31.4 Å². The third kappa shape index (κ3) is 5.31. The van der Waals surface area contributed by atoms with Crippen LogP contribution in [-0.4, -0.2) is 51.4 Å². The van der Waals surface area contributed by atoms with E-state index < -0.39 is 10.7 Å². The van der Waals surface area contributed by atoms with Crippen LogP contribution in [0.3, 0.4) is 0 Å². The number of carbonyl (C=O) groups excluding carboxylic acids is 1. The second-order valence-electron chi connectivity index (χ2n) is 8.47. The second kappa shape index (κ2) is 9.99. The van der Waals surface area contributed by atoms with Crippen molar-refractivity contribution in [3.05, 3.63) is 74.3 Å². The molecule has 33 heavy (non-hydrogen) atoms. The van der Waals surface area contributed by atoms with Crippen LogP contribution in [0.25, 0.3) is 11.1 Å². The number of nitro groups is 1. The molecular formula is C24H28N4O5. The third-order valence-corrected chi connectivity index (χ3v) is 6.23. The molecule has 1 amide bonds. The maximum absolute atomic E-state index is 12.8. The highest BCUT2D eigenvalue weighted by molar-refractivity contribution is 5.77.